The highest BCUT2D eigenvalue weighted by molar-refractivity contribution is 6.01. The second kappa shape index (κ2) is 6.75. The topological polar surface area (TPSA) is 69.7 Å². The number of carbonyl (C=O) groups excluding carboxylic acids is 3. The van der Waals surface area contributed by atoms with Crippen molar-refractivity contribution < 1.29 is 23.9 Å². The lowest BCUT2D eigenvalue weighted by Crippen LogP contribution is -2.28. The van der Waals surface area contributed by atoms with Crippen LogP contribution in [0.5, 0.6) is 0 Å². The van der Waals surface area contributed by atoms with Gasteiger partial charge in [-0.2, -0.15) is 0 Å². The molecule has 0 fully saturated rings. The molecule has 0 heterocycles. The second-order valence-electron chi connectivity index (χ2n) is 2.81. The molecule has 0 aromatic carbocycles. The number of rotatable bonds is 5. The van der Waals surface area contributed by atoms with Crippen molar-refractivity contribution in [1.82, 2.24) is 0 Å². The molecule has 0 saturated carbocycles. The summed E-state index contributed by atoms with van der Waals surface area (Å²) >= 11 is 0. The van der Waals surface area contributed by atoms with Crippen molar-refractivity contribution in [2.24, 2.45) is 5.92 Å². The molecule has 0 aromatic rings. The number of hydrogen-bond donors (Lipinski definition) is 0. The third-order valence-electron chi connectivity index (χ3n) is 1.72. The molecule has 0 saturated heterocycles. The minimum atomic E-state index is -1.04. The smallest absolute Gasteiger partial charge is 0.337 e. The predicted molar refractivity (Wildman–Crippen MR) is 51.7 cm³/mol. The molecule has 0 bridgehead atoms. The zero-order valence-corrected chi connectivity index (χ0v) is 8.82. The van der Waals surface area contributed by atoms with E-state index in [1.807, 2.05) is 0 Å². The molecule has 1 unspecified atom stereocenters. The van der Waals surface area contributed by atoms with Gasteiger partial charge in [-0.25, -0.2) is 4.79 Å². The lowest BCUT2D eigenvalue weighted by atomic mass is 10.0. The van der Waals surface area contributed by atoms with Crippen LogP contribution in [-0.4, -0.2) is 25.0 Å². The van der Waals surface area contributed by atoms with Gasteiger partial charge in [0.15, 0.2) is 5.92 Å². The monoisotopic (exact) mass is 214 g/mol. The molecule has 0 aliphatic carbocycles. The largest absolute Gasteiger partial charge is 0.468 e. The van der Waals surface area contributed by atoms with E-state index in [0.717, 1.165) is 6.08 Å². The van der Waals surface area contributed by atoms with E-state index >= 15 is 0 Å². The summed E-state index contributed by atoms with van der Waals surface area (Å²) in [6.45, 7) is 4.95. The average molecular weight is 214 g/mol. The second-order valence-corrected chi connectivity index (χ2v) is 2.81. The summed E-state index contributed by atoms with van der Waals surface area (Å²) in [5.74, 6) is -3.50. The molecular formula is C10H14O5. The van der Waals surface area contributed by atoms with Crippen LogP contribution in [0.3, 0.4) is 0 Å². The van der Waals surface area contributed by atoms with Crippen LogP contribution in [0.15, 0.2) is 12.7 Å². The molecule has 0 aliphatic rings. The van der Waals surface area contributed by atoms with Crippen molar-refractivity contribution >= 4 is 17.9 Å². The zero-order valence-electron chi connectivity index (χ0n) is 8.82. The van der Waals surface area contributed by atoms with Crippen LogP contribution in [0.25, 0.3) is 0 Å². The van der Waals surface area contributed by atoms with Gasteiger partial charge >= 0.3 is 17.9 Å². The molecule has 15 heavy (non-hydrogen) atoms. The summed E-state index contributed by atoms with van der Waals surface area (Å²) < 4.78 is 8.76. The van der Waals surface area contributed by atoms with Crippen LogP contribution in [-0.2, 0) is 23.9 Å². The maximum Gasteiger partial charge on any atom is 0.337 e. The molecule has 0 N–H and O–H groups in total. The first-order chi connectivity index (χ1) is 7.06. The molecular weight excluding hydrogens is 200 g/mol. The van der Waals surface area contributed by atoms with Crippen molar-refractivity contribution in [3.63, 3.8) is 0 Å². The summed E-state index contributed by atoms with van der Waals surface area (Å²) in [7, 11) is 1.17. The van der Waals surface area contributed by atoms with Crippen LogP contribution in [0.1, 0.15) is 19.8 Å². The molecule has 0 aliphatic heterocycles. The third kappa shape index (κ3) is 4.39. The number of ether oxygens (including phenoxy) is 2. The molecule has 1 atom stereocenters. The molecule has 0 radical (unpaired) electrons. The van der Waals surface area contributed by atoms with Crippen molar-refractivity contribution in [3.05, 3.63) is 12.7 Å². The lowest BCUT2D eigenvalue weighted by molar-refractivity contribution is -0.165. The van der Waals surface area contributed by atoms with E-state index < -0.39 is 23.8 Å². The fourth-order valence-corrected chi connectivity index (χ4v) is 0.975. The van der Waals surface area contributed by atoms with Gasteiger partial charge in [0.2, 0.25) is 0 Å². The van der Waals surface area contributed by atoms with E-state index in [-0.39, 0.29) is 6.42 Å². The van der Waals surface area contributed by atoms with Crippen LogP contribution in [0.2, 0.25) is 0 Å². The van der Waals surface area contributed by atoms with E-state index in [4.69, 9.17) is 0 Å². The Morgan fingerprint density at radius 3 is 2.33 bits per heavy atom. The van der Waals surface area contributed by atoms with Gasteiger partial charge in [0.25, 0.3) is 0 Å². The van der Waals surface area contributed by atoms with Gasteiger partial charge in [0, 0.05) is 6.08 Å². The predicted octanol–water partition coefficient (Wildman–Crippen LogP) is 0.831. The van der Waals surface area contributed by atoms with E-state index in [9.17, 15) is 14.4 Å². The Kier molecular flexibility index (Phi) is 6.01. The first-order valence-corrected chi connectivity index (χ1v) is 4.52. The molecule has 0 rings (SSSR count). The van der Waals surface area contributed by atoms with Gasteiger partial charge in [-0.1, -0.05) is 19.9 Å². The molecule has 0 aromatic heterocycles. The van der Waals surface area contributed by atoms with Crippen LogP contribution < -0.4 is 0 Å². The first-order valence-electron chi connectivity index (χ1n) is 4.52. The van der Waals surface area contributed by atoms with E-state index in [2.05, 4.69) is 16.1 Å². The highest BCUT2D eigenvalue weighted by Crippen LogP contribution is 2.10. The van der Waals surface area contributed by atoms with E-state index in [1.165, 1.54) is 7.11 Å². The Balaban J connectivity index is 4.48. The van der Waals surface area contributed by atoms with E-state index in [0.29, 0.717) is 6.42 Å². The molecule has 5 heteroatoms. The van der Waals surface area contributed by atoms with Crippen LogP contribution >= 0.6 is 0 Å². The number of hydrogen-bond acceptors (Lipinski definition) is 5. The number of carbonyl (C=O) groups is 3. The third-order valence-corrected chi connectivity index (χ3v) is 1.72. The SMILES string of the molecule is C=CC(=O)OC(=O)C(CCC)C(=O)OC. The molecule has 0 amide bonds. The summed E-state index contributed by atoms with van der Waals surface area (Å²) in [5, 5.41) is 0. The number of methoxy groups -OCH3 is 1. The molecule has 84 valence electrons. The fraction of sp³-hybridized carbons (Fsp3) is 0.500. The lowest BCUT2D eigenvalue weighted by Gasteiger charge is -2.10. The van der Waals surface area contributed by atoms with Gasteiger partial charge < -0.3 is 9.47 Å². The minimum Gasteiger partial charge on any atom is -0.468 e. The Bertz CT molecular complexity index is 269. The Labute approximate surface area is 88.0 Å². The van der Waals surface area contributed by atoms with Gasteiger partial charge in [0.05, 0.1) is 7.11 Å². The standard InChI is InChI=1S/C10H14O5/c1-4-6-7(9(12)14-3)10(13)15-8(11)5-2/h5,7H,2,4,6H2,1,3H3. The van der Waals surface area contributed by atoms with Gasteiger partial charge in [-0.3, -0.25) is 9.59 Å². The fourth-order valence-electron chi connectivity index (χ4n) is 0.975. The van der Waals surface area contributed by atoms with Gasteiger partial charge in [-0.15, -0.1) is 0 Å². The Morgan fingerprint density at radius 1 is 1.33 bits per heavy atom. The Morgan fingerprint density at radius 2 is 1.93 bits per heavy atom. The summed E-state index contributed by atoms with van der Waals surface area (Å²) in [5.41, 5.74) is 0. The summed E-state index contributed by atoms with van der Waals surface area (Å²) in [6.07, 6.45) is 1.76. The van der Waals surface area contributed by atoms with Gasteiger partial charge in [-0.05, 0) is 6.42 Å². The first kappa shape index (κ1) is 13.4. The minimum absolute atomic E-state index is 0.288. The summed E-state index contributed by atoms with van der Waals surface area (Å²) in [4.78, 5) is 33.2. The van der Waals surface area contributed by atoms with Crippen LogP contribution in [0.4, 0.5) is 0 Å². The van der Waals surface area contributed by atoms with E-state index in [1.54, 1.807) is 6.92 Å². The summed E-state index contributed by atoms with van der Waals surface area (Å²) in [6, 6.07) is 0. The quantitative estimate of drug-likeness (QED) is 0.385. The highest BCUT2D eigenvalue weighted by atomic mass is 16.6. The van der Waals surface area contributed by atoms with Gasteiger partial charge in [0.1, 0.15) is 0 Å². The average Bonchev–Trinajstić information content (AvgIpc) is 2.24. The van der Waals surface area contributed by atoms with Crippen LogP contribution in [0, 0.1) is 5.92 Å². The normalized spacial score (nSPS) is 11.3. The molecule has 5 nitrogen and oxygen atoms in total. The molecule has 0 spiro atoms. The maximum absolute atomic E-state index is 11.3. The number of esters is 3. The maximum atomic E-state index is 11.3. The van der Waals surface area contributed by atoms with Crippen molar-refractivity contribution in [3.8, 4) is 0 Å². The van der Waals surface area contributed by atoms with Crippen molar-refractivity contribution in [2.45, 2.75) is 19.8 Å². The Hall–Kier alpha value is -1.65. The highest BCUT2D eigenvalue weighted by Gasteiger charge is 2.29. The van der Waals surface area contributed by atoms with Crippen molar-refractivity contribution in [1.29, 1.82) is 0 Å². The zero-order chi connectivity index (χ0) is 11.8. The van der Waals surface area contributed by atoms with Crippen molar-refractivity contribution in [2.75, 3.05) is 7.11 Å².